The van der Waals surface area contributed by atoms with E-state index in [-0.39, 0.29) is 11.9 Å². The Bertz CT molecular complexity index is 612. The molecular formula is C22H36N4O. The lowest BCUT2D eigenvalue weighted by Gasteiger charge is -2.31. The van der Waals surface area contributed by atoms with Gasteiger partial charge in [0.2, 0.25) is 5.91 Å². The van der Waals surface area contributed by atoms with Gasteiger partial charge in [-0.2, -0.15) is 0 Å². The molecule has 0 radical (unpaired) electrons. The van der Waals surface area contributed by atoms with E-state index in [1.807, 2.05) is 12.1 Å². The lowest BCUT2D eigenvalue weighted by molar-refractivity contribution is -0.117. The first-order chi connectivity index (χ1) is 13.0. The van der Waals surface area contributed by atoms with Gasteiger partial charge < -0.3 is 5.32 Å². The predicted octanol–water partition coefficient (Wildman–Crippen LogP) is 3.67. The van der Waals surface area contributed by atoms with Gasteiger partial charge >= 0.3 is 0 Å². The molecule has 1 aliphatic heterocycles. The highest BCUT2D eigenvalue weighted by molar-refractivity contribution is 5.95. The Labute approximate surface area is 164 Å². The molecule has 1 aliphatic carbocycles. The summed E-state index contributed by atoms with van der Waals surface area (Å²) in [5, 5.41) is 3.17. The molecule has 2 aliphatic rings. The Morgan fingerprint density at radius 2 is 1.93 bits per heavy atom. The quantitative estimate of drug-likeness (QED) is 0.683. The summed E-state index contributed by atoms with van der Waals surface area (Å²) >= 11 is 0. The summed E-state index contributed by atoms with van der Waals surface area (Å²) in [5.41, 5.74) is 8.59. The van der Waals surface area contributed by atoms with Crippen LogP contribution in [0.2, 0.25) is 0 Å². The molecule has 5 nitrogen and oxygen atoms in total. The van der Waals surface area contributed by atoms with Gasteiger partial charge in [0.1, 0.15) is 6.04 Å². The summed E-state index contributed by atoms with van der Waals surface area (Å²) in [7, 11) is 2.22. The van der Waals surface area contributed by atoms with E-state index in [9.17, 15) is 4.79 Å². The highest BCUT2D eigenvalue weighted by atomic mass is 16.2. The number of nitrogens with zero attached hydrogens (tertiary/aromatic N) is 1. The maximum absolute atomic E-state index is 12.8. The molecule has 0 bridgehead atoms. The van der Waals surface area contributed by atoms with Crippen molar-refractivity contribution < 1.29 is 4.79 Å². The summed E-state index contributed by atoms with van der Waals surface area (Å²) in [6.45, 7) is 5.32. The number of rotatable bonds is 7. The summed E-state index contributed by atoms with van der Waals surface area (Å²) in [5.74, 6) is 0.684. The molecule has 0 aromatic heterocycles. The molecule has 1 aromatic carbocycles. The van der Waals surface area contributed by atoms with Gasteiger partial charge in [0, 0.05) is 24.3 Å². The van der Waals surface area contributed by atoms with Crippen LogP contribution >= 0.6 is 0 Å². The number of amides is 1. The molecule has 5 heteroatoms. The standard InChI is InChI=1S/C22H36N4O/c1-16(2)13-18-14-21(25-24-18)22(27)23-20-12-8-7-9-17(20)15-26(3)19-10-5-4-6-11-19/h7-9,12,16,18-19,21,24-25H,4-6,10-11,13-15H2,1-3H3,(H,23,27). The van der Waals surface area contributed by atoms with E-state index in [1.165, 1.54) is 37.7 Å². The minimum atomic E-state index is -0.169. The van der Waals surface area contributed by atoms with Crippen molar-refractivity contribution in [1.29, 1.82) is 0 Å². The van der Waals surface area contributed by atoms with Crippen molar-refractivity contribution in [3.8, 4) is 0 Å². The first kappa shape index (κ1) is 20.3. The fourth-order valence-electron chi connectivity index (χ4n) is 4.44. The van der Waals surface area contributed by atoms with Crippen LogP contribution in [0, 0.1) is 5.92 Å². The zero-order valence-corrected chi connectivity index (χ0v) is 17.1. The maximum Gasteiger partial charge on any atom is 0.242 e. The van der Waals surface area contributed by atoms with Crippen molar-refractivity contribution in [1.82, 2.24) is 15.8 Å². The van der Waals surface area contributed by atoms with Crippen molar-refractivity contribution in [2.75, 3.05) is 12.4 Å². The molecule has 2 atom stereocenters. The number of hydrogen-bond acceptors (Lipinski definition) is 4. The molecule has 1 heterocycles. The Morgan fingerprint density at radius 1 is 1.19 bits per heavy atom. The van der Waals surface area contributed by atoms with E-state index in [0.29, 0.717) is 18.0 Å². The van der Waals surface area contributed by atoms with Crippen molar-refractivity contribution in [2.24, 2.45) is 5.92 Å². The van der Waals surface area contributed by atoms with Gasteiger partial charge in [0.25, 0.3) is 0 Å². The Hall–Kier alpha value is -1.43. The molecule has 1 amide bonds. The van der Waals surface area contributed by atoms with Crippen molar-refractivity contribution in [2.45, 2.75) is 83.5 Å². The van der Waals surface area contributed by atoms with E-state index in [4.69, 9.17) is 0 Å². The van der Waals surface area contributed by atoms with E-state index < -0.39 is 0 Å². The third kappa shape index (κ3) is 5.77. The first-order valence-electron chi connectivity index (χ1n) is 10.6. The van der Waals surface area contributed by atoms with Gasteiger partial charge in [0.05, 0.1) is 0 Å². The second kappa shape index (κ2) is 9.67. The van der Waals surface area contributed by atoms with Crippen LogP contribution in [0.5, 0.6) is 0 Å². The molecule has 3 rings (SSSR count). The third-order valence-corrected chi connectivity index (χ3v) is 5.95. The molecule has 2 fully saturated rings. The molecule has 1 saturated carbocycles. The smallest absolute Gasteiger partial charge is 0.242 e. The van der Waals surface area contributed by atoms with Crippen LogP contribution < -0.4 is 16.2 Å². The molecule has 0 spiro atoms. The van der Waals surface area contributed by atoms with Crippen molar-refractivity contribution in [3.05, 3.63) is 29.8 Å². The van der Waals surface area contributed by atoms with Crippen molar-refractivity contribution in [3.63, 3.8) is 0 Å². The highest BCUT2D eigenvalue weighted by Crippen LogP contribution is 2.25. The second-order valence-electron chi connectivity index (χ2n) is 8.76. The van der Waals surface area contributed by atoms with Crippen molar-refractivity contribution >= 4 is 11.6 Å². The van der Waals surface area contributed by atoms with E-state index in [1.54, 1.807) is 0 Å². The topological polar surface area (TPSA) is 56.4 Å². The summed E-state index contributed by atoms with van der Waals surface area (Å²) in [6, 6.07) is 9.09. The number of para-hydroxylation sites is 1. The number of anilines is 1. The molecule has 150 valence electrons. The van der Waals surface area contributed by atoms with Gasteiger partial charge in [-0.05, 0) is 50.3 Å². The van der Waals surface area contributed by atoms with Crippen LogP contribution in [0.4, 0.5) is 5.69 Å². The van der Waals surface area contributed by atoms with Crippen LogP contribution in [-0.2, 0) is 11.3 Å². The zero-order valence-electron chi connectivity index (χ0n) is 17.1. The minimum absolute atomic E-state index is 0.0570. The van der Waals surface area contributed by atoms with E-state index in [0.717, 1.165) is 25.1 Å². The average Bonchev–Trinajstić information content (AvgIpc) is 3.12. The summed E-state index contributed by atoms with van der Waals surface area (Å²) in [6.07, 6.45) is 8.56. The minimum Gasteiger partial charge on any atom is -0.324 e. The van der Waals surface area contributed by atoms with Gasteiger partial charge in [-0.1, -0.05) is 51.3 Å². The number of benzene rings is 1. The normalized spacial score (nSPS) is 23.9. The van der Waals surface area contributed by atoms with Gasteiger partial charge in [0.15, 0.2) is 0 Å². The Kier molecular flexibility index (Phi) is 7.27. The van der Waals surface area contributed by atoms with Crippen LogP contribution in [-0.4, -0.2) is 36.0 Å². The number of carbonyl (C=O) groups is 1. The average molecular weight is 373 g/mol. The van der Waals surface area contributed by atoms with E-state index >= 15 is 0 Å². The van der Waals surface area contributed by atoms with Crippen LogP contribution in [0.15, 0.2) is 24.3 Å². The number of hydrogen-bond donors (Lipinski definition) is 3. The Morgan fingerprint density at radius 3 is 2.67 bits per heavy atom. The fourth-order valence-corrected chi connectivity index (χ4v) is 4.44. The van der Waals surface area contributed by atoms with Gasteiger partial charge in [-0.3, -0.25) is 15.1 Å². The lowest BCUT2D eigenvalue weighted by atomic mass is 9.94. The maximum atomic E-state index is 12.8. The van der Waals surface area contributed by atoms with Crippen LogP contribution in [0.25, 0.3) is 0 Å². The van der Waals surface area contributed by atoms with Gasteiger partial charge in [-0.15, -0.1) is 0 Å². The van der Waals surface area contributed by atoms with E-state index in [2.05, 4.69) is 54.1 Å². The molecule has 1 aromatic rings. The van der Waals surface area contributed by atoms with Crippen LogP contribution in [0.3, 0.4) is 0 Å². The number of hydrazine groups is 1. The summed E-state index contributed by atoms with van der Waals surface area (Å²) < 4.78 is 0. The van der Waals surface area contributed by atoms with Crippen LogP contribution in [0.1, 0.15) is 64.4 Å². The molecule has 1 saturated heterocycles. The summed E-state index contributed by atoms with van der Waals surface area (Å²) in [4.78, 5) is 15.2. The number of nitrogens with one attached hydrogen (secondary N) is 3. The largest absolute Gasteiger partial charge is 0.324 e. The Balaban J connectivity index is 1.58. The molecular weight excluding hydrogens is 336 g/mol. The predicted molar refractivity (Wildman–Crippen MR) is 111 cm³/mol. The number of carbonyl (C=O) groups excluding carboxylic acids is 1. The first-order valence-corrected chi connectivity index (χ1v) is 10.6. The second-order valence-corrected chi connectivity index (χ2v) is 8.76. The zero-order chi connectivity index (χ0) is 19.2. The third-order valence-electron chi connectivity index (χ3n) is 5.95. The highest BCUT2D eigenvalue weighted by Gasteiger charge is 2.30. The van der Waals surface area contributed by atoms with Gasteiger partial charge in [-0.25, -0.2) is 5.43 Å². The molecule has 27 heavy (non-hydrogen) atoms. The molecule has 2 unspecified atom stereocenters. The lowest BCUT2D eigenvalue weighted by Crippen LogP contribution is -2.40. The fraction of sp³-hybridized carbons (Fsp3) is 0.682. The monoisotopic (exact) mass is 372 g/mol. The molecule has 3 N–H and O–H groups in total. The SMILES string of the molecule is CC(C)CC1CC(C(=O)Nc2ccccc2CN(C)C2CCCCC2)NN1.